The molecule has 2 aromatic heterocycles. The van der Waals surface area contributed by atoms with E-state index in [4.69, 9.17) is 0 Å². The van der Waals surface area contributed by atoms with Crippen molar-refractivity contribution in [3.8, 4) is 22.9 Å². The van der Waals surface area contributed by atoms with Gasteiger partial charge in [-0.2, -0.15) is 0 Å². The van der Waals surface area contributed by atoms with Crippen molar-refractivity contribution in [1.29, 1.82) is 0 Å². The van der Waals surface area contributed by atoms with E-state index in [2.05, 4.69) is 155 Å². The van der Waals surface area contributed by atoms with E-state index < -0.39 is 16.1 Å². The lowest BCUT2D eigenvalue weighted by Gasteiger charge is -2.38. The van der Waals surface area contributed by atoms with Gasteiger partial charge in [0.2, 0.25) is 0 Å². The molecule has 5 rings (SSSR count). The van der Waals surface area contributed by atoms with Gasteiger partial charge in [-0.1, -0.05) is 139 Å². The maximum absolute atomic E-state index is 4.12. The SMILES string of the molecule is C.CC(C)[Si](C#Cc1c2sc3ccccc3c2c(C#C[Si](C(C)C)(C(C)C)C(C)C)c2sc3ccccc3c12)(C(C)C)C(C)C. The fourth-order valence-electron chi connectivity index (χ4n) is 8.61. The normalized spacial score (nSPS) is 12.7. The largest absolute Gasteiger partial charge is 0.146 e. The van der Waals surface area contributed by atoms with Crippen LogP contribution in [0.5, 0.6) is 0 Å². The molecule has 0 saturated carbocycles. The van der Waals surface area contributed by atoms with Crippen molar-refractivity contribution >= 4 is 79.2 Å². The molecule has 2 heterocycles. The van der Waals surface area contributed by atoms with Crippen molar-refractivity contribution < 1.29 is 0 Å². The molecule has 0 unspecified atom stereocenters. The van der Waals surface area contributed by atoms with Crippen LogP contribution >= 0.6 is 22.7 Å². The summed E-state index contributed by atoms with van der Waals surface area (Å²) in [5.74, 6) is 8.00. The van der Waals surface area contributed by atoms with Crippen molar-refractivity contribution in [2.24, 2.45) is 0 Å². The Morgan fingerprint density at radius 3 is 1.04 bits per heavy atom. The average molecular weight is 667 g/mol. The van der Waals surface area contributed by atoms with Crippen LogP contribution in [-0.2, 0) is 0 Å². The first-order valence-corrected chi connectivity index (χ1v) is 22.7. The van der Waals surface area contributed by atoms with Gasteiger partial charge in [0.15, 0.2) is 0 Å². The van der Waals surface area contributed by atoms with E-state index >= 15 is 0 Å². The van der Waals surface area contributed by atoms with E-state index in [9.17, 15) is 0 Å². The van der Waals surface area contributed by atoms with Crippen LogP contribution in [0.2, 0.25) is 33.2 Å². The maximum Gasteiger partial charge on any atom is 0.146 e. The van der Waals surface area contributed by atoms with Gasteiger partial charge < -0.3 is 0 Å². The highest BCUT2D eigenvalue weighted by Crippen LogP contribution is 2.48. The maximum atomic E-state index is 4.12. The van der Waals surface area contributed by atoms with Gasteiger partial charge >= 0.3 is 0 Å². The summed E-state index contributed by atoms with van der Waals surface area (Å²) in [6.45, 7) is 29.0. The van der Waals surface area contributed by atoms with Crippen molar-refractivity contribution in [3.05, 3.63) is 59.7 Å². The number of benzene rings is 3. The summed E-state index contributed by atoms with van der Waals surface area (Å²) in [7, 11) is -3.88. The first kappa shape index (κ1) is 35.5. The summed E-state index contributed by atoms with van der Waals surface area (Å²) in [6.07, 6.45) is 0. The molecule has 0 spiro atoms. The minimum absolute atomic E-state index is 0. The molecule has 0 fully saturated rings. The standard InChI is InChI=1S/C40H50S2Si2.CH4/c1-25(2)43(26(3)4,27(5)6)23-21-33-37-31-17-13-15-19-35(31)42-40(37)34(22-24-44(28(7)8,29(9)10)30(11)12)38-32-18-14-16-20-36(32)41-39(33)38;/h13-20,25-30H,1-12H3;1H4. The summed E-state index contributed by atoms with van der Waals surface area (Å²) >= 11 is 3.84. The summed E-state index contributed by atoms with van der Waals surface area (Å²) in [4.78, 5) is 0. The Kier molecular flexibility index (Phi) is 10.6. The third kappa shape index (κ3) is 5.65. The Morgan fingerprint density at radius 1 is 0.467 bits per heavy atom. The summed E-state index contributed by atoms with van der Waals surface area (Å²) in [5.41, 5.74) is 14.3. The number of fused-ring (bicyclic) bond motifs is 6. The van der Waals surface area contributed by atoms with Crippen molar-refractivity contribution in [3.63, 3.8) is 0 Å². The molecule has 0 nitrogen and oxygen atoms in total. The number of thiophene rings is 2. The van der Waals surface area contributed by atoms with Crippen LogP contribution in [0.25, 0.3) is 40.3 Å². The van der Waals surface area contributed by atoms with E-state index in [-0.39, 0.29) is 7.43 Å². The zero-order valence-electron chi connectivity index (χ0n) is 28.9. The van der Waals surface area contributed by atoms with Crippen LogP contribution in [-0.4, -0.2) is 16.1 Å². The van der Waals surface area contributed by atoms with Gasteiger partial charge in [-0.15, -0.1) is 33.8 Å². The molecule has 0 aliphatic heterocycles. The first-order chi connectivity index (χ1) is 20.8. The quantitative estimate of drug-likeness (QED) is 0.125. The molecule has 3 aromatic carbocycles. The van der Waals surface area contributed by atoms with E-state index in [1.54, 1.807) is 0 Å². The van der Waals surface area contributed by atoms with Gasteiger partial charge in [-0.3, -0.25) is 0 Å². The highest BCUT2D eigenvalue weighted by Gasteiger charge is 2.43. The minimum Gasteiger partial charge on any atom is -0.134 e. The van der Waals surface area contributed by atoms with Gasteiger partial charge in [0.05, 0.1) is 20.5 Å². The van der Waals surface area contributed by atoms with E-state index in [0.717, 1.165) is 0 Å². The molecular formula is C41H54S2Si2. The number of hydrogen-bond acceptors (Lipinski definition) is 2. The molecule has 0 aliphatic carbocycles. The number of hydrogen-bond donors (Lipinski definition) is 0. The van der Waals surface area contributed by atoms with Gasteiger partial charge in [0.1, 0.15) is 16.1 Å². The fraction of sp³-hybridized carbons (Fsp3) is 0.463. The van der Waals surface area contributed by atoms with Crippen molar-refractivity contribution in [1.82, 2.24) is 0 Å². The lowest BCUT2D eigenvalue weighted by Crippen LogP contribution is -2.43. The predicted octanol–water partition coefficient (Wildman–Crippen LogP) is 14.2. The van der Waals surface area contributed by atoms with E-state index in [1.807, 2.05) is 22.7 Å². The van der Waals surface area contributed by atoms with E-state index in [0.29, 0.717) is 33.2 Å². The highest BCUT2D eigenvalue weighted by molar-refractivity contribution is 7.28. The zero-order chi connectivity index (χ0) is 32.1. The zero-order valence-corrected chi connectivity index (χ0v) is 32.5. The second-order valence-corrected chi connectivity index (χ2v) is 27.9. The monoisotopic (exact) mass is 666 g/mol. The molecule has 4 heteroatoms. The van der Waals surface area contributed by atoms with Gasteiger partial charge in [-0.05, 0) is 45.4 Å². The second kappa shape index (κ2) is 13.4. The third-order valence-corrected chi connectivity index (χ3v) is 25.6. The van der Waals surface area contributed by atoms with Crippen LogP contribution in [0, 0.1) is 22.9 Å². The Morgan fingerprint density at radius 2 is 0.756 bits per heavy atom. The smallest absolute Gasteiger partial charge is 0.134 e. The fourth-order valence-corrected chi connectivity index (χ4v) is 21.5. The molecule has 0 amide bonds. The lowest BCUT2D eigenvalue weighted by molar-refractivity contribution is 0.838. The van der Waals surface area contributed by atoms with Crippen LogP contribution in [0.15, 0.2) is 48.5 Å². The van der Waals surface area contributed by atoms with Crippen LogP contribution < -0.4 is 0 Å². The predicted molar refractivity (Wildman–Crippen MR) is 215 cm³/mol. The van der Waals surface area contributed by atoms with Gasteiger partial charge in [0, 0.05) is 30.9 Å². The van der Waals surface area contributed by atoms with Crippen LogP contribution in [0.4, 0.5) is 0 Å². The van der Waals surface area contributed by atoms with Crippen molar-refractivity contribution in [2.75, 3.05) is 0 Å². The second-order valence-electron chi connectivity index (χ2n) is 14.6. The molecular weight excluding hydrogens is 613 g/mol. The molecule has 0 N–H and O–H groups in total. The average Bonchev–Trinajstić information content (AvgIpc) is 3.52. The molecule has 0 saturated heterocycles. The van der Waals surface area contributed by atoms with Crippen molar-refractivity contribution in [2.45, 2.75) is 124 Å². The summed E-state index contributed by atoms with van der Waals surface area (Å²) in [6, 6.07) is 17.9. The lowest BCUT2D eigenvalue weighted by atomic mass is 9.98. The van der Waals surface area contributed by atoms with Gasteiger partial charge in [-0.25, -0.2) is 0 Å². The first-order valence-electron chi connectivity index (χ1n) is 16.6. The molecule has 238 valence electrons. The third-order valence-electron chi connectivity index (χ3n) is 10.7. The molecule has 0 radical (unpaired) electrons. The highest BCUT2D eigenvalue weighted by atomic mass is 32.1. The van der Waals surface area contributed by atoms with Crippen LogP contribution in [0.1, 0.15) is 102 Å². The summed E-state index contributed by atoms with van der Waals surface area (Å²) < 4.78 is 5.31. The summed E-state index contributed by atoms with van der Waals surface area (Å²) in [5, 5.41) is 5.30. The van der Waals surface area contributed by atoms with Gasteiger partial charge in [0.25, 0.3) is 0 Å². The Hall–Kier alpha value is -2.35. The minimum atomic E-state index is -1.94. The Bertz CT molecular complexity index is 1770. The van der Waals surface area contributed by atoms with E-state index in [1.165, 1.54) is 51.5 Å². The van der Waals surface area contributed by atoms with Crippen LogP contribution in [0.3, 0.4) is 0 Å². The number of rotatable bonds is 6. The molecule has 0 bridgehead atoms. The molecule has 5 aromatic rings. The molecule has 0 aliphatic rings. The molecule has 45 heavy (non-hydrogen) atoms. The Labute approximate surface area is 284 Å². The molecule has 0 atom stereocenters. The topological polar surface area (TPSA) is 0 Å². The Balaban J connectivity index is 0.00000461.